The van der Waals surface area contributed by atoms with Crippen LogP contribution in [0.15, 0.2) is 23.2 Å². The van der Waals surface area contributed by atoms with Gasteiger partial charge in [-0.15, -0.1) is 0 Å². The maximum Gasteiger partial charge on any atom is 0.191 e. The summed E-state index contributed by atoms with van der Waals surface area (Å²) in [5.74, 6) is 0.231. The molecule has 29 heavy (non-hydrogen) atoms. The van der Waals surface area contributed by atoms with Gasteiger partial charge in [-0.2, -0.15) is 0 Å². The predicted octanol–water partition coefficient (Wildman–Crippen LogP) is 2.54. The van der Waals surface area contributed by atoms with Gasteiger partial charge in [0.25, 0.3) is 0 Å². The molecular weight excluding hydrogens is 378 g/mol. The zero-order chi connectivity index (χ0) is 20.5. The van der Waals surface area contributed by atoms with Crippen molar-refractivity contribution in [3.63, 3.8) is 0 Å². The van der Waals surface area contributed by atoms with Crippen molar-refractivity contribution < 1.29 is 18.3 Å². The van der Waals surface area contributed by atoms with Crippen molar-refractivity contribution in [2.45, 2.75) is 32.2 Å². The van der Waals surface area contributed by atoms with E-state index in [9.17, 15) is 8.78 Å². The highest BCUT2D eigenvalue weighted by Crippen LogP contribution is 2.24. The Labute approximate surface area is 171 Å². The number of nitrogens with one attached hydrogen (secondary N) is 2. The van der Waals surface area contributed by atoms with E-state index in [1.165, 1.54) is 12.1 Å². The first kappa shape index (κ1) is 21.8. The minimum absolute atomic E-state index is 0.163. The molecule has 1 aromatic rings. The van der Waals surface area contributed by atoms with Crippen molar-refractivity contribution in [1.29, 1.82) is 0 Å². The van der Waals surface area contributed by atoms with Gasteiger partial charge >= 0.3 is 0 Å². The number of anilines is 1. The molecular formula is C21H32F2N4O2. The molecule has 0 spiro atoms. The van der Waals surface area contributed by atoms with E-state index in [0.717, 1.165) is 64.2 Å². The molecule has 6 nitrogen and oxygen atoms in total. The van der Waals surface area contributed by atoms with Crippen LogP contribution < -0.4 is 15.5 Å². The number of guanidine groups is 1. The summed E-state index contributed by atoms with van der Waals surface area (Å²) < 4.78 is 38.2. The monoisotopic (exact) mass is 410 g/mol. The average molecular weight is 411 g/mol. The lowest BCUT2D eigenvalue weighted by molar-refractivity contribution is 0.0893. The molecule has 2 unspecified atom stereocenters. The van der Waals surface area contributed by atoms with E-state index in [-0.39, 0.29) is 6.04 Å². The summed E-state index contributed by atoms with van der Waals surface area (Å²) in [6.07, 6.45) is 2.82. The minimum Gasteiger partial charge on any atom is -0.381 e. The van der Waals surface area contributed by atoms with Gasteiger partial charge in [-0.25, -0.2) is 8.78 Å². The number of hydrogen-bond acceptors (Lipinski definition) is 4. The molecule has 2 aliphatic heterocycles. The van der Waals surface area contributed by atoms with Crippen LogP contribution in [-0.4, -0.2) is 64.6 Å². The molecule has 2 N–H and O–H groups in total. The molecule has 2 saturated heterocycles. The lowest BCUT2D eigenvalue weighted by Crippen LogP contribution is -2.44. The second-order valence-corrected chi connectivity index (χ2v) is 7.59. The van der Waals surface area contributed by atoms with Crippen molar-refractivity contribution in [3.05, 3.63) is 29.8 Å². The highest BCUT2D eigenvalue weighted by Gasteiger charge is 2.25. The molecule has 0 bridgehead atoms. The Hall–Kier alpha value is -1.93. The van der Waals surface area contributed by atoms with Crippen LogP contribution in [0.1, 0.15) is 26.2 Å². The Kier molecular flexibility index (Phi) is 8.49. The first-order valence-electron chi connectivity index (χ1n) is 10.6. The summed E-state index contributed by atoms with van der Waals surface area (Å²) in [5, 5.41) is 6.68. The van der Waals surface area contributed by atoms with Gasteiger partial charge in [0.05, 0.1) is 18.9 Å². The van der Waals surface area contributed by atoms with Crippen molar-refractivity contribution in [2.75, 3.05) is 57.5 Å². The third-order valence-corrected chi connectivity index (χ3v) is 5.22. The summed E-state index contributed by atoms with van der Waals surface area (Å²) in [4.78, 5) is 6.56. The SMILES string of the molecule is CCNC(=NCCCOCC1CCOC1)NC1CCN(c2ccc(F)cc2F)C1. The Balaban J connectivity index is 1.40. The third kappa shape index (κ3) is 6.82. The molecule has 3 rings (SSSR count). The molecule has 0 saturated carbocycles. The first-order chi connectivity index (χ1) is 14.2. The summed E-state index contributed by atoms with van der Waals surface area (Å²) in [6.45, 7) is 7.97. The second kappa shape index (κ2) is 11.3. The summed E-state index contributed by atoms with van der Waals surface area (Å²) in [7, 11) is 0. The van der Waals surface area contributed by atoms with E-state index in [1.54, 1.807) is 0 Å². The minimum atomic E-state index is -0.553. The fraction of sp³-hybridized carbons (Fsp3) is 0.667. The molecule has 162 valence electrons. The van der Waals surface area contributed by atoms with Crippen LogP contribution in [0.3, 0.4) is 0 Å². The highest BCUT2D eigenvalue weighted by atomic mass is 19.1. The van der Waals surface area contributed by atoms with Crippen LogP contribution in [0.25, 0.3) is 0 Å². The fourth-order valence-corrected chi connectivity index (χ4v) is 3.67. The summed E-state index contributed by atoms with van der Waals surface area (Å²) in [5.41, 5.74) is 0.447. The van der Waals surface area contributed by atoms with Crippen molar-refractivity contribution >= 4 is 11.6 Å². The number of hydrogen-bond donors (Lipinski definition) is 2. The standard InChI is InChI=1S/C21H32F2N4O2/c1-2-24-21(25-8-3-10-28-14-16-7-11-29-15-16)26-18-6-9-27(13-18)20-5-4-17(22)12-19(20)23/h4-5,12,16,18H,2-3,6-11,13-15H2,1H3,(H2,24,25,26). The number of rotatable bonds is 9. The van der Waals surface area contributed by atoms with Crippen LogP contribution in [0, 0.1) is 17.6 Å². The quantitative estimate of drug-likeness (QED) is 0.372. The molecule has 2 fully saturated rings. The Morgan fingerprint density at radius 3 is 3.00 bits per heavy atom. The van der Waals surface area contributed by atoms with Gasteiger partial charge in [-0.3, -0.25) is 4.99 Å². The third-order valence-electron chi connectivity index (χ3n) is 5.22. The molecule has 1 aromatic carbocycles. The summed E-state index contributed by atoms with van der Waals surface area (Å²) in [6, 6.07) is 3.90. The fourth-order valence-electron chi connectivity index (χ4n) is 3.67. The molecule has 2 aliphatic rings. The number of aliphatic imine (C=N–C) groups is 1. The zero-order valence-electron chi connectivity index (χ0n) is 17.1. The van der Waals surface area contributed by atoms with Gasteiger partial charge in [0.1, 0.15) is 11.6 Å². The van der Waals surface area contributed by atoms with Crippen molar-refractivity contribution in [3.8, 4) is 0 Å². The lowest BCUT2D eigenvalue weighted by Gasteiger charge is -2.21. The van der Waals surface area contributed by atoms with E-state index < -0.39 is 11.6 Å². The van der Waals surface area contributed by atoms with E-state index >= 15 is 0 Å². The topological polar surface area (TPSA) is 58.1 Å². The average Bonchev–Trinajstić information content (AvgIpc) is 3.37. The molecule has 0 amide bonds. The van der Waals surface area contributed by atoms with Crippen molar-refractivity contribution in [1.82, 2.24) is 10.6 Å². The lowest BCUT2D eigenvalue weighted by atomic mass is 10.1. The predicted molar refractivity (Wildman–Crippen MR) is 110 cm³/mol. The van der Waals surface area contributed by atoms with Crippen LogP contribution in [0.5, 0.6) is 0 Å². The van der Waals surface area contributed by atoms with E-state index in [1.807, 2.05) is 11.8 Å². The van der Waals surface area contributed by atoms with Gasteiger partial charge in [0.2, 0.25) is 0 Å². The molecule has 0 aliphatic carbocycles. The summed E-state index contributed by atoms with van der Waals surface area (Å²) >= 11 is 0. The van der Waals surface area contributed by atoms with Gasteiger partial charge < -0.3 is 25.0 Å². The van der Waals surface area contributed by atoms with Gasteiger partial charge in [0, 0.05) is 57.4 Å². The van der Waals surface area contributed by atoms with Crippen LogP contribution >= 0.6 is 0 Å². The first-order valence-corrected chi connectivity index (χ1v) is 10.6. The Morgan fingerprint density at radius 1 is 1.34 bits per heavy atom. The van der Waals surface area contributed by atoms with Gasteiger partial charge in [-0.1, -0.05) is 0 Å². The van der Waals surface area contributed by atoms with E-state index in [4.69, 9.17) is 9.47 Å². The van der Waals surface area contributed by atoms with E-state index in [0.29, 0.717) is 31.3 Å². The van der Waals surface area contributed by atoms with Gasteiger partial charge in [-0.05, 0) is 38.3 Å². The highest BCUT2D eigenvalue weighted by molar-refractivity contribution is 5.80. The molecule has 0 aromatic heterocycles. The number of nitrogens with zero attached hydrogens (tertiary/aromatic N) is 2. The normalized spacial score (nSPS) is 22.3. The Bertz CT molecular complexity index is 668. The van der Waals surface area contributed by atoms with Crippen LogP contribution in [0.2, 0.25) is 0 Å². The maximum atomic E-state index is 14.0. The largest absolute Gasteiger partial charge is 0.381 e. The van der Waals surface area contributed by atoms with Crippen LogP contribution in [-0.2, 0) is 9.47 Å². The van der Waals surface area contributed by atoms with E-state index in [2.05, 4.69) is 15.6 Å². The van der Waals surface area contributed by atoms with Crippen molar-refractivity contribution in [2.24, 2.45) is 10.9 Å². The molecule has 0 radical (unpaired) electrons. The van der Waals surface area contributed by atoms with Gasteiger partial charge in [0.15, 0.2) is 5.96 Å². The maximum absolute atomic E-state index is 14.0. The second-order valence-electron chi connectivity index (χ2n) is 7.59. The zero-order valence-corrected chi connectivity index (χ0v) is 17.1. The molecule has 8 heteroatoms. The Morgan fingerprint density at radius 2 is 2.24 bits per heavy atom. The number of halogens is 2. The molecule has 2 heterocycles. The number of benzene rings is 1. The van der Waals surface area contributed by atoms with Crippen LogP contribution in [0.4, 0.5) is 14.5 Å². The number of ether oxygens (including phenoxy) is 2. The smallest absolute Gasteiger partial charge is 0.191 e. The molecule has 2 atom stereocenters.